The van der Waals surface area contributed by atoms with Crippen molar-refractivity contribution < 1.29 is 38.0 Å². The van der Waals surface area contributed by atoms with Gasteiger partial charge in [0.2, 0.25) is 11.8 Å². The summed E-state index contributed by atoms with van der Waals surface area (Å²) >= 11 is 0. The number of rotatable bonds is 1. The largest absolute Gasteiger partial charge is 1.00 e. The van der Waals surface area contributed by atoms with Crippen molar-refractivity contribution in [1.29, 1.82) is 0 Å². The van der Waals surface area contributed by atoms with Gasteiger partial charge in [0.15, 0.2) is 6.04 Å². The lowest BCUT2D eigenvalue weighted by molar-refractivity contribution is -0.894. The SMILES string of the molecule is C[N+]1(C)CCCC1C#CCN1C(=O)CCC1=O.[I-]. The summed E-state index contributed by atoms with van der Waals surface area (Å²) in [5.74, 6) is 6.06. The van der Waals surface area contributed by atoms with Crippen molar-refractivity contribution in [3.63, 3.8) is 0 Å². The molecular formula is C13H19IN2O2. The number of carbonyl (C=O) groups is 2. The number of imide groups is 1. The van der Waals surface area contributed by atoms with E-state index < -0.39 is 0 Å². The molecule has 2 aliphatic heterocycles. The maximum absolute atomic E-state index is 11.4. The van der Waals surface area contributed by atoms with Crippen LogP contribution in [-0.4, -0.2) is 54.4 Å². The van der Waals surface area contributed by atoms with Crippen molar-refractivity contribution in [3.8, 4) is 11.8 Å². The van der Waals surface area contributed by atoms with Gasteiger partial charge in [-0.2, -0.15) is 0 Å². The second-order valence-electron chi connectivity index (χ2n) is 5.36. The lowest BCUT2D eigenvalue weighted by Crippen LogP contribution is -3.00. The van der Waals surface area contributed by atoms with Crippen LogP contribution in [0, 0.1) is 11.8 Å². The first kappa shape index (κ1) is 15.4. The van der Waals surface area contributed by atoms with Crippen molar-refractivity contribution in [3.05, 3.63) is 0 Å². The second kappa shape index (κ2) is 6.02. The number of likely N-dealkylation sites (tertiary alicyclic amines) is 2. The predicted molar refractivity (Wildman–Crippen MR) is 63.7 cm³/mol. The maximum atomic E-state index is 11.4. The van der Waals surface area contributed by atoms with Gasteiger partial charge in [-0.25, -0.2) is 0 Å². The van der Waals surface area contributed by atoms with E-state index >= 15 is 0 Å². The Morgan fingerprint density at radius 1 is 1.28 bits per heavy atom. The second-order valence-corrected chi connectivity index (χ2v) is 5.36. The van der Waals surface area contributed by atoms with Gasteiger partial charge in [0, 0.05) is 25.7 Å². The molecule has 0 aromatic heterocycles. The fourth-order valence-corrected chi connectivity index (χ4v) is 2.49. The van der Waals surface area contributed by atoms with Gasteiger partial charge in [0.25, 0.3) is 0 Å². The van der Waals surface area contributed by atoms with E-state index in [0.29, 0.717) is 18.9 Å². The Hall–Kier alpha value is -0.610. The van der Waals surface area contributed by atoms with Crippen LogP contribution in [0.1, 0.15) is 25.7 Å². The first-order chi connectivity index (χ1) is 8.00. The smallest absolute Gasteiger partial charge is 0.230 e. The van der Waals surface area contributed by atoms with Crippen LogP contribution >= 0.6 is 0 Å². The van der Waals surface area contributed by atoms with Gasteiger partial charge < -0.3 is 28.5 Å². The highest BCUT2D eigenvalue weighted by atomic mass is 127. The number of quaternary nitrogens is 1. The topological polar surface area (TPSA) is 37.4 Å². The van der Waals surface area contributed by atoms with Crippen LogP contribution in [0.2, 0.25) is 0 Å². The van der Waals surface area contributed by atoms with Gasteiger partial charge in [-0.3, -0.25) is 14.5 Å². The first-order valence-electron chi connectivity index (χ1n) is 6.15. The Balaban J connectivity index is 0.00000162. The summed E-state index contributed by atoms with van der Waals surface area (Å²) in [6.45, 7) is 1.43. The fourth-order valence-electron chi connectivity index (χ4n) is 2.49. The molecule has 0 N–H and O–H groups in total. The molecule has 2 saturated heterocycles. The highest BCUT2D eigenvalue weighted by Crippen LogP contribution is 2.21. The zero-order chi connectivity index (χ0) is 12.5. The Morgan fingerprint density at radius 2 is 1.89 bits per heavy atom. The monoisotopic (exact) mass is 362 g/mol. The van der Waals surface area contributed by atoms with Gasteiger partial charge in [-0.1, -0.05) is 5.92 Å². The van der Waals surface area contributed by atoms with E-state index in [-0.39, 0.29) is 42.3 Å². The number of carbonyl (C=O) groups excluding carboxylic acids is 2. The molecule has 100 valence electrons. The summed E-state index contributed by atoms with van der Waals surface area (Å²) in [4.78, 5) is 24.0. The van der Waals surface area contributed by atoms with E-state index in [1.165, 1.54) is 11.3 Å². The minimum atomic E-state index is -0.0792. The molecule has 2 fully saturated rings. The Kier molecular flexibility index (Phi) is 5.17. The van der Waals surface area contributed by atoms with Gasteiger partial charge in [-0.15, -0.1) is 0 Å². The average molecular weight is 362 g/mol. The molecule has 0 radical (unpaired) electrons. The fraction of sp³-hybridized carbons (Fsp3) is 0.692. The van der Waals surface area contributed by atoms with Gasteiger partial charge in [0.1, 0.15) is 0 Å². The minimum Gasteiger partial charge on any atom is -1.00 e. The summed E-state index contributed by atoms with van der Waals surface area (Å²) in [5.41, 5.74) is 0. The highest BCUT2D eigenvalue weighted by molar-refractivity contribution is 6.02. The van der Waals surface area contributed by atoms with Crippen LogP contribution in [0.4, 0.5) is 0 Å². The standard InChI is InChI=1S/C13H19N2O2.HI/c1-15(2)10-4-6-11(15)5-3-9-14-12(16)7-8-13(14)17;/h11H,4,6-10H2,1-2H3;1H/q+1;/p-1. The van der Waals surface area contributed by atoms with Gasteiger partial charge in [-0.05, 0) is 5.92 Å². The zero-order valence-corrected chi connectivity index (χ0v) is 13.1. The minimum absolute atomic E-state index is 0. The molecule has 2 rings (SSSR count). The van der Waals surface area contributed by atoms with Crippen LogP contribution < -0.4 is 24.0 Å². The van der Waals surface area contributed by atoms with E-state index in [0.717, 1.165) is 17.4 Å². The Bertz CT molecular complexity index is 393. The molecule has 1 unspecified atom stereocenters. The molecular weight excluding hydrogens is 343 g/mol. The van der Waals surface area contributed by atoms with E-state index in [1.54, 1.807) is 0 Å². The summed E-state index contributed by atoms with van der Waals surface area (Å²) in [6.07, 6.45) is 3.02. The number of hydrogen-bond acceptors (Lipinski definition) is 2. The normalized spacial score (nSPS) is 25.7. The molecule has 0 aromatic rings. The molecule has 5 heteroatoms. The molecule has 18 heavy (non-hydrogen) atoms. The molecule has 2 aliphatic rings. The molecule has 2 amide bonds. The lowest BCUT2D eigenvalue weighted by atomic mass is 10.2. The molecule has 0 aliphatic carbocycles. The van der Waals surface area contributed by atoms with Gasteiger partial charge in [0.05, 0.1) is 27.2 Å². The number of hydrogen-bond donors (Lipinski definition) is 0. The molecule has 0 bridgehead atoms. The molecule has 1 atom stereocenters. The summed E-state index contributed by atoms with van der Waals surface area (Å²) < 4.78 is 0.925. The maximum Gasteiger partial charge on any atom is 0.230 e. The van der Waals surface area contributed by atoms with Crippen molar-refractivity contribution in [2.24, 2.45) is 0 Å². The van der Waals surface area contributed by atoms with Crippen LogP contribution in [0.3, 0.4) is 0 Å². The van der Waals surface area contributed by atoms with E-state index in [9.17, 15) is 9.59 Å². The number of halogens is 1. The molecule has 0 spiro atoms. The third-order valence-corrected chi connectivity index (χ3v) is 3.72. The van der Waals surface area contributed by atoms with Crippen LogP contribution in [-0.2, 0) is 9.59 Å². The van der Waals surface area contributed by atoms with Crippen molar-refractivity contribution in [2.75, 3.05) is 27.2 Å². The van der Waals surface area contributed by atoms with E-state index in [4.69, 9.17) is 0 Å². The summed E-state index contributed by atoms with van der Waals surface area (Å²) in [7, 11) is 4.36. The third-order valence-electron chi connectivity index (χ3n) is 3.72. The van der Waals surface area contributed by atoms with Crippen LogP contribution in [0.15, 0.2) is 0 Å². The predicted octanol–water partition coefficient (Wildman–Crippen LogP) is -2.62. The third kappa shape index (κ3) is 3.23. The van der Waals surface area contributed by atoms with E-state index in [1.807, 2.05) is 0 Å². The number of amides is 2. The van der Waals surface area contributed by atoms with E-state index in [2.05, 4.69) is 25.9 Å². The molecule has 0 saturated carbocycles. The van der Waals surface area contributed by atoms with Crippen LogP contribution in [0.25, 0.3) is 0 Å². The lowest BCUT2D eigenvalue weighted by Gasteiger charge is -2.28. The van der Waals surface area contributed by atoms with Gasteiger partial charge >= 0.3 is 0 Å². The average Bonchev–Trinajstić information content (AvgIpc) is 2.74. The summed E-state index contributed by atoms with van der Waals surface area (Å²) in [5, 5.41) is 0. The van der Waals surface area contributed by atoms with Crippen molar-refractivity contribution in [1.82, 2.24) is 4.90 Å². The Labute approximate surface area is 125 Å². The highest BCUT2D eigenvalue weighted by Gasteiger charge is 2.32. The van der Waals surface area contributed by atoms with Crippen LogP contribution in [0.5, 0.6) is 0 Å². The molecule has 4 nitrogen and oxygen atoms in total. The molecule has 0 aromatic carbocycles. The van der Waals surface area contributed by atoms with Crippen molar-refractivity contribution in [2.45, 2.75) is 31.7 Å². The first-order valence-corrected chi connectivity index (χ1v) is 6.15. The zero-order valence-electron chi connectivity index (χ0n) is 10.9. The summed E-state index contributed by atoms with van der Waals surface area (Å²) in [6, 6.07) is 0.350. The van der Waals surface area contributed by atoms with Crippen molar-refractivity contribution >= 4 is 11.8 Å². The quantitative estimate of drug-likeness (QED) is 0.222. The molecule has 2 heterocycles. The number of nitrogens with zero attached hydrogens (tertiary/aromatic N) is 2. The Morgan fingerprint density at radius 3 is 2.39 bits per heavy atom.